The maximum atomic E-state index is 13.2. The number of tetrazole rings is 1. The van der Waals surface area contributed by atoms with Crippen LogP contribution in [0.25, 0.3) is 22.5 Å². The van der Waals surface area contributed by atoms with E-state index in [-0.39, 0.29) is 75.4 Å². The number of aromatic nitrogens is 6. The Bertz CT molecular complexity index is 1410. The molecule has 1 N–H and O–H groups in total. The number of aromatic amines is 1. The quantitative estimate of drug-likeness (QED) is 0.148. The molecule has 0 fully saturated rings. The number of nitrogens with zero attached hydrogens (tertiary/aromatic N) is 5. The standard InChI is InChI=1S/C27H29ClN6O5.K.H/c1-4-6-12-22-29-24(28)23(26(35)38-17(3)39-27(36)37-5-2)34(22)16-18-13-14-20(19-10-8-7-9-11-19)21(15-18)25-30-32-33-31-25;;/h7-11,13-15,17H,4-6,12,16H2,1-3H3,(H,30,31,32,33);;/t17-;;/m1../s1. The van der Waals surface area contributed by atoms with Crippen LogP contribution in [0.1, 0.15) is 55.5 Å². The fraction of sp³-hybridized carbons (Fsp3) is 0.333. The van der Waals surface area contributed by atoms with Crippen molar-refractivity contribution >= 4 is 75.1 Å². The molecule has 4 aromatic rings. The molecule has 0 spiro atoms. The van der Waals surface area contributed by atoms with Gasteiger partial charge in [-0.15, -0.1) is 5.10 Å². The van der Waals surface area contributed by atoms with Gasteiger partial charge in [-0.3, -0.25) is 0 Å². The van der Waals surface area contributed by atoms with E-state index < -0.39 is 18.4 Å². The SMILES string of the molecule is CCCCc1nc(Cl)c(C(=O)O[C@@H](C)OC(=O)OCC)n1Cc1ccc(-c2ccccc2)c(-c2nnn[nH]2)c1.[KH]. The first-order valence-corrected chi connectivity index (χ1v) is 13.0. The fourth-order valence-corrected chi connectivity index (χ4v) is 4.36. The Labute approximate surface area is 279 Å². The van der Waals surface area contributed by atoms with Crippen molar-refractivity contribution in [2.24, 2.45) is 0 Å². The van der Waals surface area contributed by atoms with Crippen LogP contribution in [-0.4, -0.2) is 107 Å². The van der Waals surface area contributed by atoms with Crippen LogP contribution in [0.2, 0.25) is 5.15 Å². The van der Waals surface area contributed by atoms with Crippen molar-refractivity contribution in [1.82, 2.24) is 30.2 Å². The van der Waals surface area contributed by atoms with Crippen molar-refractivity contribution in [3.05, 3.63) is 70.8 Å². The topological polar surface area (TPSA) is 134 Å². The van der Waals surface area contributed by atoms with Gasteiger partial charge < -0.3 is 18.8 Å². The molecule has 40 heavy (non-hydrogen) atoms. The molecule has 0 amide bonds. The van der Waals surface area contributed by atoms with Crippen molar-refractivity contribution in [3.63, 3.8) is 0 Å². The van der Waals surface area contributed by atoms with Crippen molar-refractivity contribution < 1.29 is 23.8 Å². The van der Waals surface area contributed by atoms with Gasteiger partial charge in [0, 0.05) is 25.5 Å². The van der Waals surface area contributed by atoms with Crippen LogP contribution >= 0.6 is 11.6 Å². The van der Waals surface area contributed by atoms with Crippen LogP contribution in [-0.2, 0) is 27.2 Å². The van der Waals surface area contributed by atoms with Gasteiger partial charge >= 0.3 is 63.5 Å². The molecule has 1 atom stereocenters. The van der Waals surface area contributed by atoms with E-state index in [1.54, 1.807) is 11.5 Å². The zero-order valence-electron chi connectivity index (χ0n) is 21.9. The number of H-pyrrole nitrogens is 1. The number of unbranched alkanes of at least 4 members (excludes halogenated alkanes) is 1. The third kappa shape index (κ3) is 7.99. The van der Waals surface area contributed by atoms with Crippen molar-refractivity contribution in [3.8, 4) is 22.5 Å². The Morgan fingerprint density at radius 1 is 1.07 bits per heavy atom. The number of imidazole rings is 1. The molecule has 0 aliphatic carbocycles. The zero-order valence-corrected chi connectivity index (χ0v) is 22.6. The molecule has 0 unspecified atom stereocenters. The number of rotatable bonds is 11. The van der Waals surface area contributed by atoms with Gasteiger partial charge in [-0.25, -0.2) is 19.7 Å². The molecular formula is C27H30ClKN6O5. The third-order valence-electron chi connectivity index (χ3n) is 5.86. The van der Waals surface area contributed by atoms with Crippen LogP contribution in [0.3, 0.4) is 0 Å². The summed E-state index contributed by atoms with van der Waals surface area (Å²) in [6, 6.07) is 15.8. The second-order valence-corrected chi connectivity index (χ2v) is 8.98. The Morgan fingerprint density at radius 3 is 2.52 bits per heavy atom. The molecule has 206 valence electrons. The Kier molecular flexibility index (Phi) is 12.3. The van der Waals surface area contributed by atoms with E-state index in [2.05, 4.69) is 32.5 Å². The van der Waals surface area contributed by atoms with Gasteiger partial charge in [0.05, 0.1) is 6.61 Å². The summed E-state index contributed by atoms with van der Waals surface area (Å²) in [6.07, 6.45) is 0.272. The van der Waals surface area contributed by atoms with Gasteiger partial charge in [0.15, 0.2) is 16.7 Å². The first-order chi connectivity index (χ1) is 18.9. The fourth-order valence-electron chi connectivity index (χ4n) is 4.09. The van der Waals surface area contributed by atoms with E-state index in [0.717, 1.165) is 35.1 Å². The van der Waals surface area contributed by atoms with Gasteiger partial charge in [0.2, 0.25) is 6.29 Å². The molecule has 13 heteroatoms. The summed E-state index contributed by atoms with van der Waals surface area (Å²) in [5.74, 6) is 0.380. The molecule has 4 rings (SSSR count). The second-order valence-electron chi connectivity index (χ2n) is 8.63. The number of hydrogen-bond acceptors (Lipinski definition) is 9. The van der Waals surface area contributed by atoms with Crippen LogP contribution in [0, 0.1) is 0 Å². The summed E-state index contributed by atoms with van der Waals surface area (Å²) in [5, 5.41) is 14.4. The van der Waals surface area contributed by atoms with Crippen LogP contribution in [0.5, 0.6) is 0 Å². The molecule has 0 saturated carbocycles. The number of carbonyl (C=O) groups is 2. The Balaban J connectivity index is 0.00000441. The number of ether oxygens (including phenoxy) is 3. The van der Waals surface area contributed by atoms with E-state index >= 15 is 0 Å². The predicted octanol–water partition coefficient (Wildman–Crippen LogP) is 4.80. The predicted molar refractivity (Wildman–Crippen MR) is 150 cm³/mol. The molecule has 0 bridgehead atoms. The van der Waals surface area contributed by atoms with Gasteiger partial charge in [-0.1, -0.05) is 67.4 Å². The molecule has 2 aromatic heterocycles. The van der Waals surface area contributed by atoms with E-state index in [4.69, 9.17) is 25.8 Å². The summed E-state index contributed by atoms with van der Waals surface area (Å²) in [5.41, 5.74) is 3.67. The molecule has 0 aliphatic heterocycles. The van der Waals surface area contributed by atoms with Gasteiger partial charge in [0.25, 0.3) is 0 Å². The third-order valence-corrected chi connectivity index (χ3v) is 6.12. The second kappa shape index (κ2) is 15.4. The molecule has 0 aliphatic rings. The number of aryl methyl sites for hydroxylation is 1. The Morgan fingerprint density at radius 2 is 1.85 bits per heavy atom. The van der Waals surface area contributed by atoms with Crippen molar-refractivity contribution in [1.29, 1.82) is 0 Å². The summed E-state index contributed by atoms with van der Waals surface area (Å²) in [7, 11) is 0. The van der Waals surface area contributed by atoms with Crippen LogP contribution < -0.4 is 0 Å². The van der Waals surface area contributed by atoms with Gasteiger partial charge in [-0.05, 0) is 46.5 Å². The summed E-state index contributed by atoms with van der Waals surface area (Å²) in [6.45, 7) is 5.54. The van der Waals surface area contributed by atoms with E-state index in [1.807, 2.05) is 48.5 Å². The van der Waals surface area contributed by atoms with Gasteiger partial charge in [0.1, 0.15) is 5.82 Å². The summed E-state index contributed by atoms with van der Waals surface area (Å²) >= 11 is 6.45. The molecule has 0 saturated heterocycles. The number of hydrogen-bond donors (Lipinski definition) is 1. The average Bonchev–Trinajstić information content (AvgIpc) is 3.56. The minimum absolute atomic E-state index is 0. The number of nitrogens with one attached hydrogen (secondary N) is 1. The summed E-state index contributed by atoms with van der Waals surface area (Å²) < 4.78 is 16.8. The average molecular weight is 593 g/mol. The zero-order chi connectivity index (χ0) is 27.8. The van der Waals surface area contributed by atoms with Crippen LogP contribution in [0.4, 0.5) is 4.79 Å². The van der Waals surface area contributed by atoms with E-state index in [1.165, 1.54) is 6.92 Å². The molecular weight excluding hydrogens is 563 g/mol. The van der Waals surface area contributed by atoms with Crippen molar-refractivity contribution in [2.45, 2.75) is 52.9 Å². The normalized spacial score (nSPS) is 11.4. The van der Waals surface area contributed by atoms with Gasteiger partial charge in [-0.2, -0.15) is 0 Å². The number of esters is 1. The number of halogens is 1. The maximum absolute atomic E-state index is 13.2. The Hall–Kier alpha value is -2.61. The molecule has 2 aromatic carbocycles. The van der Waals surface area contributed by atoms with Crippen LogP contribution in [0.15, 0.2) is 48.5 Å². The van der Waals surface area contributed by atoms with E-state index in [9.17, 15) is 9.59 Å². The molecule has 0 radical (unpaired) electrons. The summed E-state index contributed by atoms with van der Waals surface area (Å²) in [4.78, 5) is 29.3. The first kappa shape index (κ1) is 31.9. The monoisotopic (exact) mass is 592 g/mol. The molecule has 11 nitrogen and oxygen atoms in total. The minimum atomic E-state index is -1.19. The number of carbonyl (C=O) groups excluding carboxylic acids is 2. The van der Waals surface area contributed by atoms with E-state index in [0.29, 0.717) is 18.1 Å². The molecule has 2 heterocycles. The number of benzene rings is 2. The first-order valence-electron chi connectivity index (χ1n) is 12.6. The van der Waals surface area contributed by atoms with Crippen molar-refractivity contribution in [2.75, 3.05) is 6.61 Å².